The van der Waals surface area contributed by atoms with Gasteiger partial charge < -0.3 is 10.2 Å². The maximum Gasteiger partial charge on any atom is 0.254 e. The Morgan fingerprint density at radius 3 is 2.60 bits per heavy atom. The van der Waals surface area contributed by atoms with Crippen molar-refractivity contribution in [3.63, 3.8) is 0 Å². The van der Waals surface area contributed by atoms with Crippen LogP contribution in [0.15, 0.2) is 36.4 Å². The molecule has 1 aromatic heterocycles. The van der Waals surface area contributed by atoms with Crippen LogP contribution in [0.2, 0.25) is 10.0 Å². The SMILES string of the molecule is Cc1cccc(NC(=O)[C@@H]2CCCN2C(=O)c2cc(Cl)cc(Cl)c2)n1. The molecule has 5 nitrogen and oxygen atoms in total. The van der Waals surface area contributed by atoms with Gasteiger partial charge >= 0.3 is 0 Å². The first-order chi connectivity index (χ1) is 11.9. The average molecular weight is 378 g/mol. The number of aryl methyl sites for hydroxylation is 1. The number of nitrogens with zero attached hydrogens (tertiary/aromatic N) is 2. The van der Waals surface area contributed by atoms with Crippen LogP contribution in [0.25, 0.3) is 0 Å². The molecule has 3 rings (SSSR count). The minimum Gasteiger partial charge on any atom is -0.327 e. The van der Waals surface area contributed by atoms with Crippen molar-refractivity contribution in [2.45, 2.75) is 25.8 Å². The third-order valence-electron chi connectivity index (χ3n) is 4.07. The second-order valence-corrected chi connectivity index (χ2v) is 6.84. The van der Waals surface area contributed by atoms with Crippen molar-refractivity contribution in [3.8, 4) is 0 Å². The highest BCUT2D eigenvalue weighted by Crippen LogP contribution is 2.25. The number of rotatable bonds is 3. The molecule has 1 aliphatic heterocycles. The van der Waals surface area contributed by atoms with Crippen LogP contribution < -0.4 is 5.32 Å². The van der Waals surface area contributed by atoms with E-state index in [2.05, 4.69) is 10.3 Å². The van der Waals surface area contributed by atoms with E-state index in [-0.39, 0.29) is 11.8 Å². The zero-order chi connectivity index (χ0) is 18.0. The van der Waals surface area contributed by atoms with Crippen molar-refractivity contribution in [1.29, 1.82) is 0 Å². The summed E-state index contributed by atoms with van der Waals surface area (Å²) in [5, 5.41) is 3.57. The molecular weight excluding hydrogens is 361 g/mol. The zero-order valence-electron chi connectivity index (χ0n) is 13.6. The monoisotopic (exact) mass is 377 g/mol. The van der Waals surface area contributed by atoms with Gasteiger partial charge in [-0.25, -0.2) is 4.98 Å². The predicted octanol–water partition coefficient (Wildman–Crippen LogP) is 3.94. The highest BCUT2D eigenvalue weighted by Gasteiger charge is 2.34. The van der Waals surface area contributed by atoms with E-state index in [1.165, 1.54) is 0 Å². The summed E-state index contributed by atoms with van der Waals surface area (Å²) in [6.07, 6.45) is 1.37. The Morgan fingerprint density at radius 2 is 1.92 bits per heavy atom. The third-order valence-corrected chi connectivity index (χ3v) is 4.50. The predicted molar refractivity (Wildman–Crippen MR) is 98.1 cm³/mol. The summed E-state index contributed by atoms with van der Waals surface area (Å²) in [7, 11) is 0. The molecule has 1 atom stereocenters. The summed E-state index contributed by atoms with van der Waals surface area (Å²) in [5.41, 5.74) is 1.19. The smallest absolute Gasteiger partial charge is 0.254 e. The quantitative estimate of drug-likeness (QED) is 0.880. The number of nitrogens with one attached hydrogen (secondary N) is 1. The lowest BCUT2D eigenvalue weighted by molar-refractivity contribution is -0.119. The Kier molecular flexibility index (Phi) is 5.25. The highest BCUT2D eigenvalue weighted by molar-refractivity contribution is 6.35. The Balaban J connectivity index is 1.77. The molecule has 7 heteroatoms. The lowest BCUT2D eigenvalue weighted by Gasteiger charge is -2.24. The first kappa shape index (κ1) is 17.7. The largest absolute Gasteiger partial charge is 0.327 e. The van der Waals surface area contributed by atoms with Gasteiger partial charge in [-0.2, -0.15) is 0 Å². The number of benzene rings is 1. The summed E-state index contributed by atoms with van der Waals surface area (Å²) >= 11 is 12.0. The number of carbonyl (C=O) groups excluding carboxylic acids is 2. The minimum atomic E-state index is -0.535. The summed E-state index contributed by atoms with van der Waals surface area (Å²) < 4.78 is 0. The van der Waals surface area contributed by atoms with Gasteiger partial charge in [0.1, 0.15) is 11.9 Å². The number of anilines is 1. The first-order valence-electron chi connectivity index (χ1n) is 7.95. The maximum atomic E-state index is 12.8. The molecule has 0 aliphatic carbocycles. The van der Waals surface area contributed by atoms with Crippen molar-refractivity contribution in [2.75, 3.05) is 11.9 Å². The van der Waals surface area contributed by atoms with Crippen LogP contribution in [0.1, 0.15) is 28.9 Å². The van der Waals surface area contributed by atoms with Crippen LogP contribution in [-0.4, -0.2) is 34.3 Å². The van der Waals surface area contributed by atoms with E-state index >= 15 is 0 Å². The van der Waals surface area contributed by atoms with Gasteiger partial charge in [0.25, 0.3) is 5.91 Å². The number of hydrogen-bond donors (Lipinski definition) is 1. The van der Waals surface area contributed by atoms with Crippen molar-refractivity contribution < 1.29 is 9.59 Å². The van der Waals surface area contributed by atoms with Gasteiger partial charge in [0, 0.05) is 27.8 Å². The molecular formula is C18H17Cl2N3O2. The molecule has 0 bridgehead atoms. The highest BCUT2D eigenvalue weighted by atomic mass is 35.5. The average Bonchev–Trinajstić information content (AvgIpc) is 3.03. The van der Waals surface area contributed by atoms with Crippen LogP contribution >= 0.6 is 23.2 Å². The fourth-order valence-electron chi connectivity index (χ4n) is 2.95. The summed E-state index contributed by atoms with van der Waals surface area (Å²) in [4.78, 5) is 31.2. The zero-order valence-corrected chi connectivity index (χ0v) is 15.1. The minimum absolute atomic E-state index is 0.239. The fourth-order valence-corrected chi connectivity index (χ4v) is 3.47. The molecule has 2 amide bonds. The van der Waals surface area contributed by atoms with E-state index in [9.17, 15) is 9.59 Å². The van der Waals surface area contributed by atoms with Crippen LogP contribution in [0.5, 0.6) is 0 Å². The van der Waals surface area contributed by atoms with Crippen molar-refractivity contribution in [1.82, 2.24) is 9.88 Å². The normalized spacial score (nSPS) is 16.8. The van der Waals surface area contributed by atoms with Gasteiger partial charge in [-0.3, -0.25) is 9.59 Å². The molecule has 0 radical (unpaired) electrons. The molecule has 0 saturated carbocycles. The van der Waals surface area contributed by atoms with Gasteiger partial charge in [0.15, 0.2) is 0 Å². The molecule has 1 fully saturated rings. The Morgan fingerprint density at radius 1 is 1.20 bits per heavy atom. The molecule has 25 heavy (non-hydrogen) atoms. The molecule has 0 unspecified atom stereocenters. The van der Waals surface area contributed by atoms with E-state index in [4.69, 9.17) is 23.2 Å². The number of carbonyl (C=O) groups is 2. The van der Waals surface area contributed by atoms with Gasteiger partial charge in [0.2, 0.25) is 5.91 Å². The fraction of sp³-hybridized carbons (Fsp3) is 0.278. The molecule has 2 aromatic rings. The topological polar surface area (TPSA) is 62.3 Å². The van der Waals surface area contributed by atoms with Crippen molar-refractivity contribution in [3.05, 3.63) is 57.7 Å². The number of hydrogen-bond acceptors (Lipinski definition) is 3. The molecule has 1 aliphatic rings. The van der Waals surface area contributed by atoms with Crippen molar-refractivity contribution >= 4 is 40.8 Å². The van der Waals surface area contributed by atoms with Gasteiger partial charge in [-0.15, -0.1) is 0 Å². The Hall–Kier alpha value is -2.11. The summed E-state index contributed by atoms with van der Waals surface area (Å²) in [5.74, 6) is -0.00794. The Bertz CT molecular complexity index is 805. The van der Waals surface area contributed by atoms with Gasteiger partial charge in [-0.1, -0.05) is 29.3 Å². The second kappa shape index (κ2) is 7.42. The van der Waals surface area contributed by atoms with Gasteiger partial charge in [-0.05, 0) is 50.1 Å². The van der Waals surface area contributed by atoms with E-state index < -0.39 is 6.04 Å². The lowest BCUT2D eigenvalue weighted by Crippen LogP contribution is -2.43. The Labute approximate surface area is 155 Å². The van der Waals surface area contributed by atoms with Crippen LogP contribution in [0.3, 0.4) is 0 Å². The van der Waals surface area contributed by atoms with Crippen molar-refractivity contribution in [2.24, 2.45) is 0 Å². The summed E-state index contributed by atoms with van der Waals surface area (Å²) in [6.45, 7) is 2.37. The van der Waals surface area contributed by atoms with Crippen LogP contribution in [0.4, 0.5) is 5.82 Å². The van der Waals surface area contributed by atoms with Gasteiger partial charge in [0.05, 0.1) is 0 Å². The van der Waals surface area contributed by atoms with E-state index in [0.29, 0.717) is 34.4 Å². The number of likely N-dealkylation sites (tertiary alicyclic amines) is 1. The van der Waals surface area contributed by atoms with E-state index in [0.717, 1.165) is 12.1 Å². The third kappa shape index (κ3) is 4.11. The number of halogens is 2. The standard InChI is InChI=1S/C18H17Cl2N3O2/c1-11-4-2-6-16(21-11)22-17(24)15-5-3-7-23(15)18(25)12-8-13(19)10-14(20)9-12/h2,4,6,8-10,15H,3,5,7H2,1H3,(H,21,22,24)/t15-/m0/s1. The van der Waals surface area contributed by atoms with Crippen LogP contribution in [-0.2, 0) is 4.79 Å². The molecule has 1 aromatic carbocycles. The molecule has 1 N–H and O–H groups in total. The second-order valence-electron chi connectivity index (χ2n) is 5.97. The maximum absolute atomic E-state index is 12.8. The first-order valence-corrected chi connectivity index (χ1v) is 8.71. The number of amides is 2. The van der Waals surface area contributed by atoms with E-state index in [1.807, 2.05) is 19.1 Å². The molecule has 130 valence electrons. The lowest BCUT2D eigenvalue weighted by atomic mass is 10.1. The van der Waals surface area contributed by atoms with E-state index in [1.54, 1.807) is 29.2 Å². The molecule has 0 spiro atoms. The number of pyridine rings is 1. The molecule has 2 heterocycles. The number of aromatic nitrogens is 1. The molecule has 1 saturated heterocycles. The summed E-state index contributed by atoms with van der Waals surface area (Å²) in [6, 6.07) is 9.55. The van der Waals surface area contributed by atoms with Crippen LogP contribution in [0, 0.1) is 6.92 Å².